The lowest BCUT2D eigenvalue weighted by Crippen LogP contribution is -2.19. The van der Waals surface area contributed by atoms with Crippen LogP contribution >= 0.6 is 0 Å². The zero-order valence-electron chi connectivity index (χ0n) is 13.0. The predicted octanol–water partition coefficient (Wildman–Crippen LogP) is 3.69. The van der Waals surface area contributed by atoms with Crippen LogP contribution in [0.2, 0.25) is 0 Å². The molecule has 0 aliphatic carbocycles. The Balaban J connectivity index is 1.71. The summed E-state index contributed by atoms with van der Waals surface area (Å²) in [6.45, 7) is 4.57. The van der Waals surface area contributed by atoms with Gasteiger partial charge in [0.25, 0.3) is 0 Å². The van der Waals surface area contributed by atoms with Crippen LogP contribution in [-0.4, -0.2) is 19.2 Å². The molecule has 23 heavy (non-hydrogen) atoms. The van der Waals surface area contributed by atoms with Crippen LogP contribution in [0, 0.1) is 13.8 Å². The number of carbonyl (C=O) groups is 1. The van der Waals surface area contributed by atoms with Gasteiger partial charge in [-0.15, -0.1) is 0 Å². The average Bonchev–Trinajstić information content (AvgIpc) is 2.99. The third-order valence-electron chi connectivity index (χ3n) is 4.27. The molecule has 4 nitrogen and oxygen atoms in total. The standard InChI is InChI=1S/C19H16O4/c1-11-3-4-13(5-12(11)2)6-14-9-21-16-8-18-17(22-10-23-18)7-15(16)19(14)20/h3-8H,9-10H2,1-2H3. The van der Waals surface area contributed by atoms with Gasteiger partial charge in [-0.1, -0.05) is 18.2 Å². The molecule has 0 radical (unpaired) electrons. The largest absolute Gasteiger partial charge is 0.488 e. The Labute approximate surface area is 134 Å². The van der Waals surface area contributed by atoms with Gasteiger partial charge in [0.15, 0.2) is 17.3 Å². The highest BCUT2D eigenvalue weighted by atomic mass is 16.7. The van der Waals surface area contributed by atoms with Gasteiger partial charge in [-0.2, -0.15) is 0 Å². The molecule has 2 aliphatic heterocycles. The van der Waals surface area contributed by atoms with Gasteiger partial charge in [0, 0.05) is 11.6 Å². The molecule has 0 unspecified atom stereocenters. The van der Waals surface area contributed by atoms with E-state index in [-0.39, 0.29) is 19.2 Å². The molecule has 2 aromatic carbocycles. The smallest absolute Gasteiger partial charge is 0.231 e. The number of hydrogen-bond acceptors (Lipinski definition) is 4. The van der Waals surface area contributed by atoms with Gasteiger partial charge in [-0.05, 0) is 42.7 Å². The first-order valence-electron chi connectivity index (χ1n) is 7.51. The first-order valence-corrected chi connectivity index (χ1v) is 7.51. The maximum absolute atomic E-state index is 12.7. The fraction of sp³-hybridized carbons (Fsp3) is 0.211. The van der Waals surface area contributed by atoms with E-state index in [0.29, 0.717) is 28.4 Å². The minimum absolute atomic E-state index is 0.0252. The lowest BCUT2D eigenvalue weighted by molar-refractivity contribution is 0.100. The van der Waals surface area contributed by atoms with E-state index in [4.69, 9.17) is 14.2 Å². The second-order valence-corrected chi connectivity index (χ2v) is 5.83. The van der Waals surface area contributed by atoms with E-state index in [1.165, 1.54) is 11.1 Å². The molecular formula is C19H16O4. The van der Waals surface area contributed by atoms with Crippen LogP contribution in [0.15, 0.2) is 35.9 Å². The highest BCUT2D eigenvalue weighted by Gasteiger charge is 2.27. The van der Waals surface area contributed by atoms with Gasteiger partial charge >= 0.3 is 0 Å². The third-order valence-corrected chi connectivity index (χ3v) is 4.27. The predicted molar refractivity (Wildman–Crippen MR) is 86.3 cm³/mol. The second-order valence-electron chi connectivity index (χ2n) is 5.83. The van der Waals surface area contributed by atoms with Crippen molar-refractivity contribution in [3.05, 3.63) is 58.2 Å². The van der Waals surface area contributed by atoms with Gasteiger partial charge in [-0.3, -0.25) is 4.79 Å². The number of ketones is 1. The summed E-state index contributed by atoms with van der Waals surface area (Å²) in [7, 11) is 0. The number of carbonyl (C=O) groups excluding carboxylic acids is 1. The Hall–Kier alpha value is -2.75. The maximum Gasteiger partial charge on any atom is 0.231 e. The Morgan fingerprint density at radius 3 is 2.48 bits per heavy atom. The van der Waals surface area contributed by atoms with E-state index in [1.807, 2.05) is 12.1 Å². The maximum atomic E-state index is 12.7. The molecule has 4 heteroatoms. The Bertz CT molecular complexity index is 849. The molecule has 116 valence electrons. The summed E-state index contributed by atoms with van der Waals surface area (Å²) in [5, 5.41) is 0. The molecule has 0 bridgehead atoms. The van der Waals surface area contributed by atoms with E-state index < -0.39 is 0 Å². The normalized spacial score (nSPS) is 17.1. The van der Waals surface area contributed by atoms with Crippen LogP contribution in [-0.2, 0) is 0 Å². The van der Waals surface area contributed by atoms with Crippen molar-refractivity contribution >= 4 is 11.9 Å². The molecule has 4 rings (SSSR count). The summed E-state index contributed by atoms with van der Waals surface area (Å²) in [6.07, 6.45) is 1.89. The number of rotatable bonds is 1. The summed E-state index contributed by atoms with van der Waals surface area (Å²) in [5.41, 5.74) is 4.60. The first kappa shape index (κ1) is 13.9. The van der Waals surface area contributed by atoms with E-state index in [0.717, 1.165) is 5.56 Å². The van der Waals surface area contributed by atoms with Crippen molar-refractivity contribution in [1.29, 1.82) is 0 Å². The van der Waals surface area contributed by atoms with Gasteiger partial charge in [0.1, 0.15) is 12.4 Å². The van der Waals surface area contributed by atoms with Crippen molar-refractivity contribution in [1.82, 2.24) is 0 Å². The quantitative estimate of drug-likeness (QED) is 0.754. The Morgan fingerprint density at radius 1 is 0.913 bits per heavy atom. The van der Waals surface area contributed by atoms with Crippen LogP contribution in [0.3, 0.4) is 0 Å². The van der Waals surface area contributed by atoms with Gasteiger partial charge in [0.2, 0.25) is 6.79 Å². The highest BCUT2D eigenvalue weighted by Crippen LogP contribution is 2.40. The molecule has 0 aromatic heterocycles. The van der Waals surface area contributed by atoms with E-state index in [9.17, 15) is 4.79 Å². The summed E-state index contributed by atoms with van der Waals surface area (Å²) >= 11 is 0. The molecule has 0 atom stereocenters. The number of ether oxygens (including phenoxy) is 3. The molecule has 2 heterocycles. The van der Waals surface area contributed by atoms with E-state index in [2.05, 4.69) is 26.0 Å². The van der Waals surface area contributed by atoms with E-state index in [1.54, 1.807) is 12.1 Å². The van der Waals surface area contributed by atoms with Crippen molar-refractivity contribution in [2.45, 2.75) is 13.8 Å². The lowest BCUT2D eigenvalue weighted by Gasteiger charge is -2.19. The molecule has 0 fully saturated rings. The monoisotopic (exact) mass is 308 g/mol. The molecule has 0 amide bonds. The highest BCUT2D eigenvalue weighted by molar-refractivity contribution is 6.14. The Morgan fingerprint density at radius 2 is 1.70 bits per heavy atom. The molecule has 0 saturated carbocycles. The molecule has 0 saturated heterocycles. The summed E-state index contributed by atoms with van der Waals surface area (Å²) in [5.74, 6) is 1.74. The molecule has 2 aromatic rings. The molecular weight excluding hydrogens is 292 g/mol. The first-order chi connectivity index (χ1) is 11.1. The number of benzene rings is 2. The molecule has 0 N–H and O–H groups in total. The van der Waals surface area contributed by atoms with Crippen LogP contribution < -0.4 is 14.2 Å². The average molecular weight is 308 g/mol. The minimum Gasteiger partial charge on any atom is -0.488 e. The number of hydrogen-bond donors (Lipinski definition) is 0. The second kappa shape index (κ2) is 5.16. The zero-order chi connectivity index (χ0) is 16.0. The van der Waals surface area contributed by atoms with Crippen molar-refractivity contribution in [2.24, 2.45) is 0 Å². The van der Waals surface area contributed by atoms with Gasteiger partial charge in [0.05, 0.1) is 5.56 Å². The summed E-state index contributed by atoms with van der Waals surface area (Å²) in [4.78, 5) is 12.7. The van der Waals surface area contributed by atoms with Crippen LogP contribution in [0.4, 0.5) is 0 Å². The van der Waals surface area contributed by atoms with E-state index >= 15 is 0 Å². The molecule has 2 aliphatic rings. The van der Waals surface area contributed by atoms with Crippen molar-refractivity contribution < 1.29 is 19.0 Å². The Kier molecular flexibility index (Phi) is 3.11. The lowest BCUT2D eigenvalue weighted by atomic mass is 9.97. The fourth-order valence-corrected chi connectivity index (χ4v) is 2.78. The van der Waals surface area contributed by atoms with Crippen LogP contribution in [0.5, 0.6) is 17.2 Å². The van der Waals surface area contributed by atoms with Crippen LogP contribution in [0.25, 0.3) is 6.08 Å². The fourth-order valence-electron chi connectivity index (χ4n) is 2.78. The van der Waals surface area contributed by atoms with Crippen molar-refractivity contribution in [2.75, 3.05) is 13.4 Å². The van der Waals surface area contributed by atoms with Crippen molar-refractivity contribution in [3.63, 3.8) is 0 Å². The topological polar surface area (TPSA) is 44.8 Å². The zero-order valence-corrected chi connectivity index (χ0v) is 13.0. The number of aryl methyl sites for hydroxylation is 2. The van der Waals surface area contributed by atoms with Crippen molar-refractivity contribution in [3.8, 4) is 17.2 Å². The summed E-state index contributed by atoms with van der Waals surface area (Å²) < 4.78 is 16.4. The summed E-state index contributed by atoms with van der Waals surface area (Å²) in [6, 6.07) is 9.57. The molecule has 0 spiro atoms. The SMILES string of the molecule is Cc1ccc(C=C2COc3cc4c(cc3C2=O)OCO4)cc1C. The van der Waals surface area contributed by atoms with Gasteiger partial charge < -0.3 is 14.2 Å². The number of Topliss-reactive ketones (excluding diaryl/α,β-unsaturated/α-hetero) is 1. The van der Waals surface area contributed by atoms with Crippen LogP contribution in [0.1, 0.15) is 27.0 Å². The number of fused-ring (bicyclic) bond motifs is 2. The minimum atomic E-state index is -0.0252. The van der Waals surface area contributed by atoms with Gasteiger partial charge in [-0.25, -0.2) is 0 Å². The third kappa shape index (κ3) is 2.36.